The van der Waals surface area contributed by atoms with E-state index in [0.717, 1.165) is 17.2 Å². The molecule has 2 heterocycles. The highest BCUT2D eigenvalue weighted by molar-refractivity contribution is 8.01. The summed E-state index contributed by atoms with van der Waals surface area (Å²) in [4.78, 5) is 24.1. The molecule has 150 valence electrons. The van der Waals surface area contributed by atoms with E-state index in [9.17, 15) is 19.1 Å². The number of halogens is 1. The third kappa shape index (κ3) is 3.62. The summed E-state index contributed by atoms with van der Waals surface area (Å²) in [5.41, 5.74) is 3.10. The van der Waals surface area contributed by atoms with Crippen LogP contribution in [0, 0.1) is 5.82 Å². The van der Waals surface area contributed by atoms with Crippen molar-refractivity contribution < 1.29 is 24.2 Å². The highest BCUT2D eigenvalue weighted by Crippen LogP contribution is 2.61. The number of nitrogens with zero attached hydrogens (tertiary/aromatic N) is 1. The van der Waals surface area contributed by atoms with Crippen LogP contribution in [0.1, 0.15) is 34.8 Å². The fourth-order valence-corrected chi connectivity index (χ4v) is 6.11. The molecule has 2 aliphatic heterocycles. The zero-order valence-electron chi connectivity index (χ0n) is 15.5. The quantitative estimate of drug-likeness (QED) is 0.738. The average molecular weight is 413 g/mol. The highest BCUT2D eigenvalue weighted by atomic mass is 32.2. The minimum atomic E-state index is -1.27. The number of hydrogen-bond acceptors (Lipinski definition) is 4. The van der Waals surface area contributed by atoms with Gasteiger partial charge >= 0.3 is 11.9 Å². The van der Waals surface area contributed by atoms with E-state index in [0.29, 0.717) is 25.9 Å². The van der Waals surface area contributed by atoms with Crippen LogP contribution in [-0.4, -0.2) is 40.1 Å². The average Bonchev–Trinajstić information content (AvgIpc) is 3.01. The van der Waals surface area contributed by atoms with Crippen molar-refractivity contribution in [3.05, 3.63) is 82.8 Å². The van der Waals surface area contributed by atoms with Crippen molar-refractivity contribution in [2.75, 3.05) is 13.1 Å². The van der Waals surface area contributed by atoms with Crippen molar-refractivity contribution in [3.63, 3.8) is 0 Å². The maximum atomic E-state index is 13.8. The monoisotopic (exact) mass is 413 g/mol. The summed E-state index contributed by atoms with van der Waals surface area (Å²) >= 11 is 1.78. The maximum absolute atomic E-state index is 13.8. The van der Waals surface area contributed by atoms with Gasteiger partial charge in [-0.05, 0) is 41.7 Å². The molecule has 0 saturated carbocycles. The number of carboxylic acid groups (broad SMARTS) is 2. The molecule has 0 aromatic heterocycles. The number of fused-ring (bicyclic) bond motifs is 2. The Bertz CT molecular complexity index is 998. The molecule has 2 aliphatic rings. The van der Waals surface area contributed by atoms with E-state index < -0.39 is 11.9 Å². The van der Waals surface area contributed by atoms with Gasteiger partial charge in [-0.3, -0.25) is 0 Å². The molecule has 7 heteroatoms. The minimum absolute atomic E-state index is 0.0157. The molecule has 0 amide bonds. The number of carboxylic acids is 2. The van der Waals surface area contributed by atoms with Gasteiger partial charge in [-0.1, -0.05) is 36.4 Å². The van der Waals surface area contributed by atoms with Crippen LogP contribution in [0.25, 0.3) is 0 Å². The predicted octanol–water partition coefficient (Wildman–Crippen LogP) is 4.01. The van der Waals surface area contributed by atoms with E-state index in [1.54, 1.807) is 28.8 Å². The summed E-state index contributed by atoms with van der Waals surface area (Å²) in [6.45, 7) is 0.894. The smallest absolute Gasteiger partial charge is 0.352 e. The number of hydrogen-bond donors (Lipinski definition) is 2. The van der Waals surface area contributed by atoms with Gasteiger partial charge in [0.05, 0.1) is 11.3 Å². The van der Waals surface area contributed by atoms with Gasteiger partial charge in [-0.25, -0.2) is 14.0 Å². The second kappa shape index (κ2) is 7.55. The van der Waals surface area contributed by atoms with E-state index >= 15 is 0 Å². The standard InChI is InChI=1S/C22H20FNO4S/c23-15-5-3-4-14(12-15)20-16-6-1-2-7-17(16)22(29-20)8-10-24(11-9-22)18(21(27)28)13-19(25)26/h1-7,12-13,20H,8-11H2,(H,25,26)(H,27,28). The van der Waals surface area contributed by atoms with Crippen molar-refractivity contribution in [1.29, 1.82) is 0 Å². The molecular formula is C22H20FNO4S. The highest BCUT2D eigenvalue weighted by Gasteiger charge is 2.47. The Hall–Kier alpha value is -2.80. The summed E-state index contributed by atoms with van der Waals surface area (Å²) in [5, 5.41) is 18.4. The zero-order chi connectivity index (χ0) is 20.6. The topological polar surface area (TPSA) is 77.8 Å². The third-order valence-electron chi connectivity index (χ3n) is 5.62. The first-order valence-electron chi connectivity index (χ1n) is 9.35. The number of piperidine rings is 1. The van der Waals surface area contributed by atoms with Gasteiger partial charge in [0.25, 0.3) is 0 Å². The van der Waals surface area contributed by atoms with Gasteiger partial charge in [-0.15, -0.1) is 11.8 Å². The molecule has 0 aliphatic carbocycles. The van der Waals surface area contributed by atoms with Crippen molar-refractivity contribution in [2.24, 2.45) is 0 Å². The molecule has 29 heavy (non-hydrogen) atoms. The van der Waals surface area contributed by atoms with Gasteiger partial charge in [0, 0.05) is 17.8 Å². The fraction of sp³-hybridized carbons (Fsp3) is 0.273. The molecule has 1 spiro atoms. The summed E-state index contributed by atoms with van der Waals surface area (Å²) in [6.07, 6.45) is 2.13. The largest absolute Gasteiger partial charge is 0.478 e. The van der Waals surface area contributed by atoms with Gasteiger partial charge < -0.3 is 15.1 Å². The second-order valence-corrected chi connectivity index (χ2v) is 8.78. The van der Waals surface area contributed by atoms with Gasteiger partial charge in [0.15, 0.2) is 0 Å². The van der Waals surface area contributed by atoms with Crippen LogP contribution >= 0.6 is 11.8 Å². The Balaban J connectivity index is 1.63. The van der Waals surface area contributed by atoms with Crippen LogP contribution in [0.15, 0.2) is 60.3 Å². The molecule has 5 nitrogen and oxygen atoms in total. The van der Waals surface area contributed by atoms with Crippen molar-refractivity contribution in [2.45, 2.75) is 22.8 Å². The lowest BCUT2D eigenvalue weighted by molar-refractivity contribution is -0.136. The zero-order valence-corrected chi connectivity index (χ0v) is 16.4. The summed E-state index contributed by atoms with van der Waals surface area (Å²) in [7, 11) is 0. The lowest BCUT2D eigenvalue weighted by Crippen LogP contribution is -2.41. The first-order chi connectivity index (χ1) is 13.9. The number of carbonyl (C=O) groups is 2. The Morgan fingerprint density at radius 2 is 1.83 bits per heavy atom. The summed E-state index contributed by atoms with van der Waals surface area (Å²) in [5.74, 6) is -2.77. The first kappa shape index (κ1) is 19.5. The predicted molar refractivity (Wildman–Crippen MR) is 108 cm³/mol. The molecule has 1 fully saturated rings. The van der Waals surface area contributed by atoms with Crippen LogP contribution in [0.2, 0.25) is 0 Å². The first-order valence-corrected chi connectivity index (χ1v) is 10.2. The molecule has 0 radical (unpaired) electrons. The summed E-state index contributed by atoms with van der Waals surface area (Å²) in [6, 6.07) is 14.8. The SMILES string of the molecule is O=C(O)C=C(C(=O)O)N1CCC2(CC1)SC(c1cccc(F)c1)c1ccccc12. The van der Waals surface area contributed by atoms with Gasteiger partial charge in [0.1, 0.15) is 11.5 Å². The van der Waals surface area contributed by atoms with Crippen LogP contribution in [-0.2, 0) is 14.3 Å². The Labute approximate surface area is 171 Å². The molecule has 1 saturated heterocycles. The van der Waals surface area contributed by atoms with Crippen LogP contribution in [0.5, 0.6) is 0 Å². The Morgan fingerprint density at radius 1 is 1.10 bits per heavy atom. The van der Waals surface area contributed by atoms with Crippen molar-refractivity contribution in [1.82, 2.24) is 4.90 Å². The van der Waals surface area contributed by atoms with Gasteiger partial charge in [-0.2, -0.15) is 0 Å². The maximum Gasteiger partial charge on any atom is 0.352 e. The van der Waals surface area contributed by atoms with E-state index in [2.05, 4.69) is 12.1 Å². The Kier molecular flexibility index (Phi) is 5.08. The van der Waals surface area contributed by atoms with E-state index in [-0.39, 0.29) is 21.5 Å². The molecule has 0 bridgehead atoms. The van der Waals surface area contributed by atoms with E-state index in [1.807, 2.05) is 18.2 Å². The molecule has 2 aromatic carbocycles. The molecular weight excluding hydrogens is 393 g/mol. The lowest BCUT2D eigenvalue weighted by Gasteiger charge is -2.40. The van der Waals surface area contributed by atoms with Gasteiger partial charge in [0.2, 0.25) is 0 Å². The van der Waals surface area contributed by atoms with E-state index in [4.69, 9.17) is 5.11 Å². The molecule has 1 atom stereocenters. The number of rotatable bonds is 4. The van der Waals surface area contributed by atoms with Crippen LogP contribution < -0.4 is 0 Å². The molecule has 4 rings (SSSR count). The van der Waals surface area contributed by atoms with Crippen LogP contribution in [0.3, 0.4) is 0 Å². The number of benzene rings is 2. The minimum Gasteiger partial charge on any atom is -0.478 e. The molecule has 2 aromatic rings. The number of aliphatic carboxylic acids is 2. The van der Waals surface area contributed by atoms with Crippen molar-refractivity contribution in [3.8, 4) is 0 Å². The van der Waals surface area contributed by atoms with Crippen LogP contribution in [0.4, 0.5) is 4.39 Å². The molecule has 1 unspecified atom stereocenters. The fourth-order valence-electron chi connectivity index (χ4n) is 4.31. The summed E-state index contributed by atoms with van der Waals surface area (Å²) < 4.78 is 13.6. The van der Waals surface area contributed by atoms with Crippen molar-refractivity contribution >= 4 is 23.7 Å². The Morgan fingerprint density at radius 3 is 2.48 bits per heavy atom. The normalized spacial score (nSPS) is 20.5. The number of thioether (sulfide) groups is 1. The van der Waals surface area contributed by atoms with E-state index in [1.165, 1.54) is 11.6 Å². The lowest BCUT2D eigenvalue weighted by atomic mass is 9.84. The third-order valence-corrected chi connectivity index (χ3v) is 7.46. The number of likely N-dealkylation sites (tertiary alicyclic amines) is 1. The molecule has 2 N–H and O–H groups in total. The second-order valence-electron chi connectivity index (χ2n) is 7.29.